The summed E-state index contributed by atoms with van der Waals surface area (Å²) in [6, 6.07) is 7.48. The summed E-state index contributed by atoms with van der Waals surface area (Å²) in [5.41, 5.74) is 0.561. The highest BCUT2D eigenvalue weighted by Gasteiger charge is 2.14. The minimum Gasteiger partial charge on any atom is -0.315 e. The first-order chi connectivity index (χ1) is 8.63. The molecule has 0 radical (unpaired) electrons. The van der Waals surface area contributed by atoms with Crippen LogP contribution in [-0.2, 0) is 6.54 Å². The van der Waals surface area contributed by atoms with Crippen molar-refractivity contribution in [1.82, 2.24) is 20.3 Å². The molecule has 0 amide bonds. The lowest BCUT2D eigenvalue weighted by Crippen LogP contribution is -2.39. The minimum absolute atomic E-state index is 0.0819. The van der Waals surface area contributed by atoms with Gasteiger partial charge in [0.2, 0.25) is 0 Å². The van der Waals surface area contributed by atoms with Gasteiger partial charge in [-0.2, -0.15) is 0 Å². The molecule has 18 heavy (non-hydrogen) atoms. The van der Waals surface area contributed by atoms with Crippen LogP contribution in [0.25, 0.3) is 10.9 Å². The second-order valence-corrected chi connectivity index (χ2v) is 4.73. The fraction of sp³-hybridized carbons (Fsp3) is 0.462. The summed E-state index contributed by atoms with van der Waals surface area (Å²) in [7, 11) is 1.89. The molecule has 5 nitrogen and oxygen atoms in total. The second kappa shape index (κ2) is 5.27. The Morgan fingerprint density at radius 2 is 2.06 bits per heavy atom. The number of hydrogen-bond acceptors (Lipinski definition) is 4. The van der Waals surface area contributed by atoms with Gasteiger partial charge in [-0.1, -0.05) is 31.2 Å². The summed E-state index contributed by atoms with van der Waals surface area (Å²) in [4.78, 5) is 12.2. The van der Waals surface area contributed by atoms with Crippen LogP contribution in [0.3, 0.4) is 0 Å². The van der Waals surface area contributed by atoms with E-state index in [1.165, 1.54) is 4.68 Å². The summed E-state index contributed by atoms with van der Waals surface area (Å²) in [6.07, 6.45) is 0. The van der Waals surface area contributed by atoms with Crippen LogP contribution in [-0.4, -0.2) is 28.1 Å². The zero-order chi connectivity index (χ0) is 13.1. The molecule has 2 rings (SSSR count). The maximum atomic E-state index is 12.2. The molecule has 0 saturated carbocycles. The van der Waals surface area contributed by atoms with E-state index in [0.717, 1.165) is 0 Å². The zero-order valence-corrected chi connectivity index (χ0v) is 10.9. The molecule has 1 aromatic heterocycles. The van der Waals surface area contributed by atoms with Crippen molar-refractivity contribution in [2.45, 2.75) is 26.4 Å². The molecule has 0 aliphatic carbocycles. The van der Waals surface area contributed by atoms with Gasteiger partial charge in [-0.25, -0.2) is 4.68 Å². The summed E-state index contributed by atoms with van der Waals surface area (Å²) in [5.74, 6) is 0.426. The van der Waals surface area contributed by atoms with Gasteiger partial charge in [-0.05, 0) is 25.1 Å². The lowest BCUT2D eigenvalue weighted by atomic mass is 10.1. The Balaban J connectivity index is 2.40. The number of aromatic nitrogens is 3. The van der Waals surface area contributed by atoms with Gasteiger partial charge in [-0.15, -0.1) is 5.10 Å². The van der Waals surface area contributed by atoms with Crippen molar-refractivity contribution in [2.24, 2.45) is 5.92 Å². The first-order valence-corrected chi connectivity index (χ1v) is 6.13. The maximum Gasteiger partial charge on any atom is 0.277 e. The largest absolute Gasteiger partial charge is 0.315 e. The average molecular weight is 246 g/mol. The third-order valence-electron chi connectivity index (χ3n) is 3.17. The van der Waals surface area contributed by atoms with Gasteiger partial charge in [0.25, 0.3) is 5.56 Å². The predicted octanol–water partition coefficient (Wildman–Crippen LogP) is 1.04. The number of nitrogens with zero attached hydrogens (tertiary/aromatic N) is 3. The first-order valence-electron chi connectivity index (χ1n) is 6.13. The number of fused-ring (bicyclic) bond motifs is 1. The highest BCUT2D eigenvalue weighted by atomic mass is 16.1. The number of benzene rings is 1. The van der Waals surface area contributed by atoms with E-state index in [4.69, 9.17) is 0 Å². The van der Waals surface area contributed by atoms with Crippen LogP contribution >= 0.6 is 0 Å². The quantitative estimate of drug-likeness (QED) is 0.875. The fourth-order valence-corrected chi connectivity index (χ4v) is 1.96. The van der Waals surface area contributed by atoms with Crippen LogP contribution in [0.4, 0.5) is 0 Å². The zero-order valence-electron chi connectivity index (χ0n) is 10.9. The van der Waals surface area contributed by atoms with Crippen molar-refractivity contribution in [3.05, 3.63) is 34.6 Å². The normalized spacial score (nSPS) is 13.1. The molecule has 0 fully saturated rings. The SMILES string of the molecule is CNC(Cn1nnc2ccccc2c1=O)C(C)C. The van der Waals surface area contributed by atoms with Crippen molar-refractivity contribution < 1.29 is 0 Å². The molecule has 1 atom stereocenters. The van der Waals surface area contributed by atoms with E-state index in [1.54, 1.807) is 12.1 Å². The lowest BCUT2D eigenvalue weighted by Gasteiger charge is -2.20. The summed E-state index contributed by atoms with van der Waals surface area (Å²) in [5, 5.41) is 11.9. The molecule has 96 valence electrons. The molecule has 1 aromatic carbocycles. The van der Waals surface area contributed by atoms with Gasteiger partial charge in [0.05, 0.1) is 11.9 Å². The highest BCUT2D eigenvalue weighted by Crippen LogP contribution is 2.05. The van der Waals surface area contributed by atoms with E-state index in [9.17, 15) is 4.79 Å². The van der Waals surface area contributed by atoms with E-state index in [0.29, 0.717) is 23.4 Å². The lowest BCUT2D eigenvalue weighted by molar-refractivity contribution is 0.350. The molecule has 0 aliphatic heterocycles. The Morgan fingerprint density at radius 1 is 1.33 bits per heavy atom. The van der Waals surface area contributed by atoms with Crippen molar-refractivity contribution in [1.29, 1.82) is 0 Å². The summed E-state index contributed by atoms with van der Waals surface area (Å²) in [6.45, 7) is 4.76. The monoisotopic (exact) mass is 246 g/mol. The molecule has 0 spiro atoms. The van der Waals surface area contributed by atoms with Crippen LogP contribution in [0.2, 0.25) is 0 Å². The Morgan fingerprint density at radius 3 is 2.72 bits per heavy atom. The Kier molecular flexibility index (Phi) is 3.72. The number of nitrogens with one attached hydrogen (secondary N) is 1. The van der Waals surface area contributed by atoms with Gasteiger partial charge < -0.3 is 5.32 Å². The van der Waals surface area contributed by atoms with E-state index in [-0.39, 0.29) is 11.6 Å². The molecule has 1 heterocycles. The molecule has 0 saturated heterocycles. The summed E-state index contributed by atoms with van der Waals surface area (Å²) >= 11 is 0. The Labute approximate surface area is 106 Å². The highest BCUT2D eigenvalue weighted by molar-refractivity contribution is 5.76. The third-order valence-corrected chi connectivity index (χ3v) is 3.17. The molecule has 5 heteroatoms. The molecular weight excluding hydrogens is 228 g/mol. The smallest absolute Gasteiger partial charge is 0.277 e. The van der Waals surface area contributed by atoms with E-state index < -0.39 is 0 Å². The third kappa shape index (κ3) is 2.41. The van der Waals surface area contributed by atoms with Crippen molar-refractivity contribution >= 4 is 10.9 Å². The first kappa shape index (κ1) is 12.7. The van der Waals surface area contributed by atoms with E-state index >= 15 is 0 Å². The van der Waals surface area contributed by atoms with Crippen LogP contribution < -0.4 is 10.9 Å². The van der Waals surface area contributed by atoms with Gasteiger partial charge in [-0.3, -0.25) is 4.79 Å². The Hall–Kier alpha value is -1.75. The van der Waals surface area contributed by atoms with Gasteiger partial charge >= 0.3 is 0 Å². The molecule has 2 aromatic rings. The molecule has 1 unspecified atom stereocenters. The second-order valence-electron chi connectivity index (χ2n) is 4.73. The van der Waals surface area contributed by atoms with Crippen LogP contribution in [0.5, 0.6) is 0 Å². The van der Waals surface area contributed by atoms with Gasteiger partial charge in [0.15, 0.2) is 0 Å². The molecule has 0 aliphatic rings. The number of rotatable bonds is 4. The van der Waals surface area contributed by atoms with Crippen molar-refractivity contribution in [3.63, 3.8) is 0 Å². The fourth-order valence-electron chi connectivity index (χ4n) is 1.96. The minimum atomic E-state index is -0.0819. The predicted molar refractivity (Wildman–Crippen MR) is 71.5 cm³/mol. The topological polar surface area (TPSA) is 59.8 Å². The number of hydrogen-bond donors (Lipinski definition) is 1. The Bertz CT molecular complexity index is 591. The molecular formula is C13H18N4O. The van der Waals surface area contributed by atoms with E-state index in [2.05, 4.69) is 29.5 Å². The van der Waals surface area contributed by atoms with Gasteiger partial charge in [0, 0.05) is 6.04 Å². The molecule has 0 bridgehead atoms. The van der Waals surface area contributed by atoms with Crippen LogP contribution in [0.15, 0.2) is 29.1 Å². The average Bonchev–Trinajstić information content (AvgIpc) is 2.38. The summed E-state index contributed by atoms with van der Waals surface area (Å²) < 4.78 is 1.43. The van der Waals surface area contributed by atoms with Crippen LogP contribution in [0, 0.1) is 5.92 Å². The van der Waals surface area contributed by atoms with E-state index in [1.807, 2.05) is 19.2 Å². The van der Waals surface area contributed by atoms with Crippen LogP contribution in [0.1, 0.15) is 13.8 Å². The standard InChI is InChI=1S/C13H18N4O/c1-9(2)12(14-3)8-17-13(18)10-6-4-5-7-11(10)15-16-17/h4-7,9,12,14H,8H2,1-3H3. The molecule has 1 N–H and O–H groups in total. The van der Waals surface area contributed by atoms with Crippen molar-refractivity contribution in [3.8, 4) is 0 Å². The number of likely N-dealkylation sites (N-methyl/N-ethyl adjacent to an activating group) is 1. The maximum absolute atomic E-state index is 12.2. The van der Waals surface area contributed by atoms with Crippen molar-refractivity contribution in [2.75, 3.05) is 7.05 Å². The van der Waals surface area contributed by atoms with Gasteiger partial charge in [0.1, 0.15) is 5.52 Å².